The maximum atomic E-state index is 13.1. The van der Waals surface area contributed by atoms with Crippen LogP contribution in [0.4, 0.5) is 4.39 Å². The molecule has 0 radical (unpaired) electrons. The van der Waals surface area contributed by atoms with Crippen molar-refractivity contribution in [3.8, 4) is 0 Å². The van der Waals surface area contributed by atoms with Gasteiger partial charge in [-0.1, -0.05) is 48.0 Å². The Kier molecular flexibility index (Phi) is 5.88. The van der Waals surface area contributed by atoms with Crippen LogP contribution in [-0.2, 0) is 9.59 Å². The lowest BCUT2D eigenvalue weighted by atomic mass is 10.0. The van der Waals surface area contributed by atoms with E-state index >= 15 is 0 Å². The first-order valence-corrected chi connectivity index (χ1v) is 7.79. The Bertz CT molecular complexity index is 787. The molecule has 0 bridgehead atoms. The summed E-state index contributed by atoms with van der Waals surface area (Å²) in [6, 6.07) is 12.9. The number of nitrogens with one attached hydrogen (secondary N) is 1. The normalized spacial score (nSPS) is 12.6. The van der Waals surface area contributed by atoms with E-state index < -0.39 is 17.5 Å². The predicted molar refractivity (Wildman–Crippen MR) is 93.1 cm³/mol. The third-order valence-electron chi connectivity index (χ3n) is 3.53. The lowest BCUT2D eigenvalue weighted by Crippen LogP contribution is -2.30. The molecule has 5 heteroatoms. The largest absolute Gasteiger partial charge is 0.345 e. The van der Waals surface area contributed by atoms with E-state index in [2.05, 4.69) is 5.32 Å². The van der Waals surface area contributed by atoms with Crippen molar-refractivity contribution >= 4 is 29.4 Å². The summed E-state index contributed by atoms with van der Waals surface area (Å²) in [7, 11) is 0. The van der Waals surface area contributed by atoms with Crippen LogP contribution in [0.2, 0.25) is 5.02 Å². The molecule has 2 rings (SSSR count). The fourth-order valence-electron chi connectivity index (χ4n) is 2.20. The number of rotatable bonds is 5. The highest BCUT2D eigenvalue weighted by Gasteiger charge is 2.18. The third kappa shape index (κ3) is 4.52. The lowest BCUT2D eigenvalue weighted by Gasteiger charge is -2.15. The second-order valence-corrected chi connectivity index (χ2v) is 5.79. The Labute approximate surface area is 145 Å². The molecule has 0 aliphatic carbocycles. The topological polar surface area (TPSA) is 46.2 Å². The Morgan fingerprint density at radius 3 is 2.42 bits per heavy atom. The van der Waals surface area contributed by atoms with Crippen LogP contribution in [0.15, 0.2) is 54.1 Å². The first-order chi connectivity index (χ1) is 11.4. The Morgan fingerprint density at radius 2 is 1.83 bits per heavy atom. The summed E-state index contributed by atoms with van der Waals surface area (Å²) in [5.74, 6) is -1.38. The van der Waals surface area contributed by atoms with Gasteiger partial charge in [-0.05, 0) is 43.2 Å². The summed E-state index contributed by atoms with van der Waals surface area (Å²) in [4.78, 5) is 24.3. The highest BCUT2D eigenvalue weighted by molar-refractivity contribution is 6.32. The zero-order valence-corrected chi connectivity index (χ0v) is 14.1. The SMILES string of the molecule is CC(=O)C(=Cc1ccc(F)cc1Cl)C(=O)N[C@@H](C)c1ccccc1. The Hall–Kier alpha value is -2.46. The van der Waals surface area contributed by atoms with Gasteiger partial charge in [0.2, 0.25) is 0 Å². The van der Waals surface area contributed by atoms with Crippen molar-refractivity contribution in [3.63, 3.8) is 0 Å². The van der Waals surface area contributed by atoms with Gasteiger partial charge in [0, 0.05) is 0 Å². The monoisotopic (exact) mass is 345 g/mol. The molecule has 24 heavy (non-hydrogen) atoms. The number of benzene rings is 2. The number of carbonyl (C=O) groups is 2. The van der Waals surface area contributed by atoms with Crippen molar-refractivity contribution in [1.82, 2.24) is 5.32 Å². The standard InChI is InChI=1S/C19H17ClFNO2/c1-12(14-6-4-3-5-7-14)22-19(24)17(13(2)23)10-15-8-9-16(21)11-18(15)20/h3-12H,1-2H3,(H,22,24)/t12-/m0/s1. The van der Waals surface area contributed by atoms with Gasteiger partial charge in [-0.2, -0.15) is 0 Å². The van der Waals surface area contributed by atoms with E-state index in [1.165, 1.54) is 25.1 Å². The van der Waals surface area contributed by atoms with E-state index in [4.69, 9.17) is 11.6 Å². The highest BCUT2D eigenvalue weighted by atomic mass is 35.5. The maximum Gasteiger partial charge on any atom is 0.255 e. The number of carbonyl (C=O) groups excluding carboxylic acids is 2. The molecule has 0 aromatic heterocycles. The van der Waals surface area contributed by atoms with Gasteiger partial charge in [-0.3, -0.25) is 9.59 Å². The summed E-state index contributed by atoms with van der Waals surface area (Å²) in [5.41, 5.74) is 1.30. The second kappa shape index (κ2) is 7.88. The first-order valence-electron chi connectivity index (χ1n) is 7.42. The van der Waals surface area contributed by atoms with E-state index in [9.17, 15) is 14.0 Å². The molecular formula is C19H17ClFNO2. The van der Waals surface area contributed by atoms with Crippen LogP contribution in [0.1, 0.15) is 31.0 Å². The molecule has 0 saturated carbocycles. The van der Waals surface area contributed by atoms with E-state index in [-0.39, 0.29) is 16.6 Å². The van der Waals surface area contributed by atoms with Crippen LogP contribution in [0.5, 0.6) is 0 Å². The average Bonchev–Trinajstić information content (AvgIpc) is 2.54. The van der Waals surface area contributed by atoms with Crippen LogP contribution < -0.4 is 5.32 Å². The van der Waals surface area contributed by atoms with Gasteiger partial charge in [-0.25, -0.2) is 4.39 Å². The fourth-order valence-corrected chi connectivity index (χ4v) is 2.42. The molecule has 1 amide bonds. The van der Waals surface area contributed by atoms with Crippen LogP contribution >= 0.6 is 11.6 Å². The first kappa shape index (κ1) is 17.9. The third-order valence-corrected chi connectivity index (χ3v) is 3.86. The quantitative estimate of drug-likeness (QED) is 0.498. The van der Waals surface area contributed by atoms with Crippen molar-refractivity contribution in [2.24, 2.45) is 0 Å². The zero-order valence-electron chi connectivity index (χ0n) is 13.3. The van der Waals surface area contributed by atoms with Crippen molar-refractivity contribution in [3.05, 3.63) is 76.1 Å². The number of halogens is 2. The molecule has 3 nitrogen and oxygen atoms in total. The van der Waals surface area contributed by atoms with Crippen LogP contribution in [0.3, 0.4) is 0 Å². The number of hydrogen-bond donors (Lipinski definition) is 1. The maximum absolute atomic E-state index is 13.1. The molecule has 0 spiro atoms. The van der Waals surface area contributed by atoms with Gasteiger partial charge < -0.3 is 5.32 Å². The van der Waals surface area contributed by atoms with E-state index in [1.54, 1.807) is 0 Å². The van der Waals surface area contributed by atoms with E-state index in [0.29, 0.717) is 5.56 Å². The molecule has 0 heterocycles. The van der Waals surface area contributed by atoms with Gasteiger partial charge in [-0.15, -0.1) is 0 Å². The number of hydrogen-bond acceptors (Lipinski definition) is 2. The second-order valence-electron chi connectivity index (χ2n) is 5.39. The molecule has 0 aliphatic rings. The summed E-state index contributed by atoms with van der Waals surface area (Å²) in [6.45, 7) is 3.13. The number of amides is 1. The summed E-state index contributed by atoms with van der Waals surface area (Å²) < 4.78 is 13.1. The lowest BCUT2D eigenvalue weighted by molar-refractivity contribution is -0.122. The molecule has 0 saturated heterocycles. The van der Waals surface area contributed by atoms with Gasteiger partial charge in [0.05, 0.1) is 16.6 Å². The molecule has 1 atom stereocenters. The Morgan fingerprint density at radius 1 is 1.17 bits per heavy atom. The van der Waals surface area contributed by atoms with E-state index in [1.807, 2.05) is 37.3 Å². The van der Waals surface area contributed by atoms with Crippen molar-refractivity contribution in [2.45, 2.75) is 19.9 Å². The number of Topliss-reactive ketones (excluding diaryl/α,β-unsaturated/α-hetero) is 1. The molecule has 2 aromatic carbocycles. The van der Waals surface area contributed by atoms with Crippen LogP contribution in [0.25, 0.3) is 6.08 Å². The highest BCUT2D eigenvalue weighted by Crippen LogP contribution is 2.21. The molecule has 124 valence electrons. The van der Waals surface area contributed by atoms with Gasteiger partial charge in [0.15, 0.2) is 5.78 Å². The molecule has 0 fully saturated rings. The Balaban J connectivity index is 2.25. The van der Waals surface area contributed by atoms with Crippen molar-refractivity contribution in [1.29, 1.82) is 0 Å². The minimum Gasteiger partial charge on any atom is -0.345 e. The fraction of sp³-hybridized carbons (Fsp3) is 0.158. The molecule has 0 aliphatic heterocycles. The molecular weight excluding hydrogens is 329 g/mol. The average molecular weight is 346 g/mol. The van der Waals surface area contributed by atoms with Crippen LogP contribution in [0, 0.1) is 5.82 Å². The molecule has 0 unspecified atom stereocenters. The van der Waals surface area contributed by atoms with Gasteiger partial charge in [0.1, 0.15) is 5.82 Å². The smallest absolute Gasteiger partial charge is 0.255 e. The van der Waals surface area contributed by atoms with E-state index in [0.717, 1.165) is 11.6 Å². The van der Waals surface area contributed by atoms with Gasteiger partial charge in [0.25, 0.3) is 5.91 Å². The molecule has 2 aromatic rings. The minimum atomic E-state index is -0.501. The summed E-state index contributed by atoms with van der Waals surface area (Å²) in [5, 5.41) is 2.92. The minimum absolute atomic E-state index is 0.0358. The molecule has 1 N–H and O–H groups in total. The zero-order chi connectivity index (χ0) is 17.7. The van der Waals surface area contributed by atoms with Crippen molar-refractivity contribution in [2.75, 3.05) is 0 Å². The van der Waals surface area contributed by atoms with Gasteiger partial charge >= 0.3 is 0 Å². The summed E-state index contributed by atoms with van der Waals surface area (Å²) in [6.07, 6.45) is 1.37. The number of ketones is 1. The van der Waals surface area contributed by atoms with Crippen molar-refractivity contribution < 1.29 is 14.0 Å². The summed E-state index contributed by atoms with van der Waals surface area (Å²) >= 11 is 5.96. The predicted octanol–water partition coefficient (Wildman–Crippen LogP) is 4.33. The van der Waals surface area contributed by atoms with Crippen LogP contribution in [-0.4, -0.2) is 11.7 Å².